The van der Waals surface area contributed by atoms with E-state index in [9.17, 15) is 9.59 Å². The molecule has 196 valence electrons. The van der Waals surface area contributed by atoms with Gasteiger partial charge in [0.15, 0.2) is 0 Å². The highest BCUT2D eigenvalue weighted by Gasteiger charge is 2.21. The van der Waals surface area contributed by atoms with Gasteiger partial charge in [0.25, 0.3) is 0 Å². The highest BCUT2D eigenvalue weighted by Crippen LogP contribution is 2.25. The van der Waals surface area contributed by atoms with Gasteiger partial charge in [0.1, 0.15) is 0 Å². The number of allylic oxidation sites excluding steroid dienone is 2. The standard InChI is InChI=1S/C29H38N6O2/c1-7-34(19(3)4)23-13-9-21(10-14-23)31-25-17-27(28(36)18-26(25)33-29(30)37)32-22-11-15-24(16-12-22)35(8-2)20(5)6/h9-20,32H,7-8H2,1-6H3,(H3,30,33,37). The van der Waals surface area contributed by atoms with Gasteiger partial charge in [-0.3, -0.25) is 4.79 Å². The molecule has 0 heterocycles. The van der Waals surface area contributed by atoms with E-state index in [1.807, 2.05) is 48.5 Å². The molecule has 0 radical (unpaired) electrons. The number of nitrogens with one attached hydrogen (secondary N) is 2. The fraction of sp³-hybridized carbons (Fsp3) is 0.345. The van der Waals surface area contributed by atoms with Crippen molar-refractivity contribution in [1.29, 1.82) is 0 Å². The second-order valence-corrected chi connectivity index (χ2v) is 9.41. The van der Waals surface area contributed by atoms with Crippen LogP contribution in [0, 0.1) is 0 Å². The normalized spacial score (nSPS) is 14.5. The number of rotatable bonds is 10. The van der Waals surface area contributed by atoms with E-state index in [0.29, 0.717) is 29.2 Å². The lowest BCUT2D eigenvalue weighted by atomic mass is 10.0. The summed E-state index contributed by atoms with van der Waals surface area (Å²) in [5.74, 6) is -0.282. The quantitative estimate of drug-likeness (QED) is 0.380. The summed E-state index contributed by atoms with van der Waals surface area (Å²) in [4.78, 5) is 33.7. The van der Waals surface area contributed by atoms with Gasteiger partial charge in [-0.2, -0.15) is 0 Å². The third-order valence-corrected chi connectivity index (χ3v) is 6.19. The van der Waals surface area contributed by atoms with Crippen LogP contribution in [0.5, 0.6) is 0 Å². The number of hydrogen-bond donors (Lipinski definition) is 3. The molecule has 2 aromatic rings. The zero-order valence-electron chi connectivity index (χ0n) is 22.6. The lowest BCUT2D eigenvalue weighted by Gasteiger charge is -2.27. The molecule has 8 nitrogen and oxygen atoms in total. The Hall–Kier alpha value is -4.07. The minimum absolute atomic E-state index is 0.260. The van der Waals surface area contributed by atoms with E-state index < -0.39 is 6.03 Å². The lowest BCUT2D eigenvalue weighted by Crippen LogP contribution is -2.34. The van der Waals surface area contributed by atoms with Gasteiger partial charge in [-0.15, -0.1) is 0 Å². The van der Waals surface area contributed by atoms with Gasteiger partial charge in [0.05, 0.1) is 22.8 Å². The Morgan fingerprint density at radius 3 is 1.81 bits per heavy atom. The van der Waals surface area contributed by atoms with Gasteiger partial charge in [-0.25, -0.2) is 9.79 Å². The molecule has 0 unspecified atom stereocenters. The molecule has 0 saturated heterocycles. The first-order valence-electron chi connectivity index (χ1n) is 12.8. The first kappa shape index (κ1) is 27.5. The van der Waals surface area contributed by atoms with Crippen LogP contribution in [0.2, 0.25) is 0 Å². The summed E-state index contributed by atoms with van der Waals surface area (Å²) in [5.41, 5.74) is 10.1. The number of nitrogens with zero attached hydrogens (tertiary/aromatic N) is 3. The van der Waals surface area contributed by atoms with E-state index >= 15 is 0 Å². The van der Waals surface area contributed by atoms with Gasteiger partial charge >= 0.3 is 6.03 Å². The van der Waals surface area contributed by atoms with Crippen molar-refractivity contribution in [1.82, 2.24) is 5.32 Å². The van der Waals surface area contributed by atoms with Crippen LogP contribution in [0.25, 0.3) is 0 Å². The molecular formula is C29H38N6O2. The van der Waals surface area contributed by atoms with E-state index in [1.165, 1.54) is 6.08 Å². The molecule has 2 aromatic carbocycles. The predicted molar refractivity (Wildman–Crippen MR) is 154 cm³/mol. The highest BCUT2D eigenvalue weighted by molar-refractivity contribution is 6.24. The Kier molecular flexibility index (Phi) is 9.11. The molecule has 2 amide bonds. The molecule has 1 aliphatic rings. The number of nitrogens with two attached hydrogens (primary N) is 1. The largest absolute Gasteiger partial charge is 0.369 e. The smallest absolute Gasteiger partial charge is 0.316 e. The number of urea groups is 1. The number of carbonyl (C=O) groups excluding carboxylic acids is 2. The molecule has 8 heteroatoms. The Morgan fingerprint density at radius 2 is 1.35 bits per heavy atom. The maximum absolute atomic E-state index is 12.8. The Balaban J connectivity index is 1.89. The molecule has 0 saturated carbocycles. The van der Waals surface area contributed by atoms with E-state index in [0.717, 1.165) is 30.2 Å². The van der Waals surface area contributed by atoms with E-state index in [2.05, 4.69) is 62.0 Å². The third kappa shape index (κ3) is 7.00. The molecule has 0 aromatic heterocycles. The van der Waals surface area contributed by atoms with Gasteiger partial charge in [-0.1, -0.05) is 0 Å². The summed E-state index contributed by atoms with van der Waals surface area (Å²) in [7, 11) is 0. The van der Waals surface area contributed by atoms with E-state index in [-0.39, 0.29) is 11.5 Å². The fourth-order valence-electron chi connectivity index (χ4n) is 4.43. The minimum atomic E-state index is -0.761. The number of anilines is 3. The van der Waals surface area contributed by atoms with Gasteiger partial charge < -0.3 is 26.2 Å². The average Bonchev–Trinajstić information content (AvgIpc) is 2.84. The first-order valence-corrected chi connectivity index (χ1v) is 12.8. The van der Waals surface area contributed by atoms with Crippen molar-refractivity contribution in [3.8, 4) is 0 Å². The fourth-order valence-corrected chi connectivity index (χ4v) is 4.43. The second-order valence-electron chi connectivity index (χ2n) is 9.41. The molecule has 3 rings (SSSR count). The molecule has 37 heavy (non-hydrogen) atoms. The first-order chi connectivity index (χ1) is 17.6. The predicted octanol–water partition coefficient (Wildman–Crippen LogP) is 5.36. The number of carbonyl (C=O) groups is 2. The third-order valence-electron chi connectivity index (χ3n) is 6.19. The molecular weight excluding hydrogens is 464 g/mol. The van der Waals surface area contributed by atoms with Crippen LogP contribution in [0.4, 0.5) is 27.5 Å². The number of ketones is 1. The summed E-state index contributed by atoms with van der Waals surface area (Å²) < 4.78 is 0. The molecule has 0 fully saturated rings. The molecule has 0 bridgehead atoms. The molecule has 0 aliphatic heterocycles. The van der Waals surface area contributed by atoms with Crippen LogP contribution in [0.3, 0.4) is 0 Å². The minimum Gasteiger partial charge on any atom is -0.369 e. The molecule has 4 N–H and O–H groups in total. The van der Waals surface area contributed by atoms with Crippen molar-refractivity contribution in [3.05, 3.63) is 72.1 Å². The number of benzene rings is 2. The summed E-state index contributed by atoms with van der Waals surface area (Å²) >= 11 is 0. The zero-order chi connectivity index (χ0) is 27.1. The van der Waals surface area contributed by atoms with Crippen LogP contribution in [0.15, 0.2) is 77.1 Å². The lowest BCUT2D eigenvalue weighted by molar-refractivity contribution is -0.111. The maximum Gasteiger partial charge on any atom is 0.316 e. The van der Waals surface area contributed by atoms with E-state index in [1.54, 1.807) is 6.08 Å². The topological polar surface area (TPSA) is 103 Å². The number of primary amides is 1. The molecule has 0 atom stereocenters. The second kappa shape index (κ2) is 12.3. The SMILES string of the molecule is CCN(c1ccc(N=C2C=C(Nc3ccc(N(CC)C(C)C)cc3)C(=O)C=C2NC(N)=O)cc1)C(C)C. The van der Waals surface area contributed by atoms with Crippen molar-refractivity contribution in [2.75, 3.05) is 28.2 Å². The maximum atomic E-state index is 12.8. The van der Waals surface area contributed by atoms with Crippen LogP contribution in [-0.4, -0.2) is 42.7 Å². The number of amides is 2. The van der Waals surface area contributed by atoms with Gasteiger partial charge in [0.2, 0.25) is 5.78 Å². The summed E-state index contributed by atoms with van der Waals surface area (Å²) in [6.45, 7) is 14.7. The summed E-state index contributed by atoms with van der Waals surface area (Å²) in [5, 5.41) is 5.71. The Bertz CT molecular complexity index is 1190. The summed E-state index contributed by atoms with van der Waals surface area (Å²) in [6.07, 6.45) is 2.97. The highest BCUT2D eigenvalue weighted by atomic mass is 16.2. The molecule has 0 spiro atoms. The Labute approximate surface area is 219 Å². The van der Waals surface area contributed by atoms with Gasteiger partial charge in [-0.05, 0) is 96.1 Å². The van der Waals surface area contributed by atoms with Crippen molar-refractivity contribution in [3.63, 3.8) is 0 Å². The van der Waals surface area contributed by atoms with Gasteiger partial charge in [0, 0.05) is 48.3 Å². The monoisotopic (exact) mass is 502 g/mol. The van der Waals surface area contributed by atoms with Crippen molar-refractivity contribution in [2.45, 2.75) is 53.6 Å². The number of aliphatic imine (C=N–C) groups is 1. The van der Waals surface area contributed by atoms with Crippen molar-refractivity contribution >= 4 is 40.3 Å². The summed E-state index contributed by atoms with van der Waals surface area (Å²) in [6, 6.07) is 15.8. The number of hydrogen-bond acceptors (Lipinski definition) is 6. The van der Waals surface area contributed by atoms with E-state index in [4.69, 9.17) is 10.7 Å². The Morgan fingerprint density at radius 1 is 0.838 bits per heavy atom. The van der Waals surface area contributed by atoms with Crippen LogP contribution in [-0.2, 0) is 4.79 Å². The van der Waals surface area contributed by atoms with Crippen molar-refractivity contribution < 1.29 is 9.59 Å². The van der Waals surface area contributed by atoms with Crippen LogP contribution in [0.1, 0.15) is 41.5 Å². The van der Waals surface area contributed by atoms with Crippen molar-refractivity contribution in [2.24, 2.45) is 10.7 Å². The van der Waals surface area contributed by atoms with Crippen LogP contribution < -0.4 is 26.2 Å². The van der Waals surface area contributed by atoms with Crippen LogP contribution >= 0.6 is 0 Å². The average molecular weight is 503 g/mol. The molecule has 1 aliphatic carbocycles. The zero-order valence-corrected chi connectivity index (χ0v) is 22.6.